The van der Waals surface area contributed by atoms with Crippen LogP contribution in [0.2, 0.25) is 0 Å². The first kappa shape index (κ1) is 15.2. The summed E-state index contributed by atoms with van der Waals surface area (Å²) < 4.78 is 36.2. The lowest BCUT2D eigenvalue weighted by Gasteiger charge is -2.26. The fraction of sp³-hybridized carbons (Fsp3) is 0.900. The summed E-state index contributed by atoms with van der Waals surface area (Å²) in [5.41, 5.74) is 4.58. The quantitative estimate of drug-likeness (QED) is 0.788. The Kier molecular flexibility index (Phi) is 4.79. The van der Waals surface area contributed by atoms with Crippen LogP contribution in [0.5, 0.6) is 0 Å². The van der Waals surface area contributed by atoms with Gasteiger partial charge >= 0.3 is 6.18 Å². The number of nitrogens with one attached hydrogen (secondary N) is 1. The van der Waals surface area contributed by atoms with Crippen molar-refractivity contribution in [3.05, 3.63) is 0 Å². The van der Waals surface area contributed by atoms with Crippen LogP contribution in [0.1, 0.15) is 27.7 Å². The smallest absolute Gasteiger partial charge is 0.354 e. The van der Waals surface area contributed by atoms with Crippen molar-refractivity contribution in [2.24, 2.45) is 17.1 Å². The second kappa shape index (κ2) is 5.03. The Bertz CT molecular complexity index is 245. The zero-order chi connectivity index (χ0) is 13.1. The largest absolute Gasteiger partial charge is 0.405 e. The maximum absolute atomic E-state index is 12.1. The first-order chi connectivity index (χ1) is 6.96. The number of carbonyl (C=O) groups excluding carboxylic acids is 1. The van der Waals surface area contributed by atoms with Crippen LogP contribution in [-0.2, 0) is 4.79 Å². The molecular formula is C10H19F3N2O. The summed E-state index contributed by atoms with van der Waals surface area (Å²) >= 11 is 0. The lowest BCUT2D eigenvalue weighted by Crippen LogP contribution is -2.48. The minimum atomic E-state index is -4.47. The molecule has 1 amide bonds. The van der Waals surface area contributed by atoms with Crippen molar-refractivity contribution >= 4 is 5.91 Å². The Morgan fingerprint density at radius 3 is 2.06 bits per heavy atom. The minimum Gasteiger partial charge on any atom is -0.354 e. The molecule has 3 N–H and O–H groups in total. The molecule has 0 aromatic heterocycles. The average molecular weight is 240 g/mol. The van der Waals surface area contributed by atoms with Gasteiger partial charge in [-0.15, -0.1) is 0 Å². The SMILES string of the molecule is CC(C(=O)NCC(N)C(F)(F)F)C(C)(C)C. The molecule has 0 aliphatic rings. The van der Waals surface area contributed by atoms with Crippen molar-refractivity contribution in [1.82, 2.24) is 5.32 Å². The number of alkyl halides is 3. The minimum absolute atomic E-state index is 0.285. The summed E-state index contributed by atoms with van der Waals surface area (Å²) in [6.45, 7) is 6.64. The van der Waals surface area contributed by atoms with Crippen molar-refractivity contribution in [3.8, 4) is 0 Å². The van der Waals surface area contributed by atoms with Crippen LogP contribution in [0.15, 0.2) is 0 Å². The summed E-state index contributed by atoms with van der Waals surface area (Å²) in [5, 5.41) is 2.21. The molecule has 0 fully saturated rings. The van der Waals surface area contributed by atoms with Crippen molar-refractivity contribution in [3.63, 3.8) is 0 Å². The van der Waals surface area contributed by atoms with Gasteiger partial charge in [0.05, 0.1) is 0 Å². The highest BCUT2D eigenvalue weighted by atomic mass is 19.4. The molecule has 3 nitrogen and oxygen atoms in total. The van der Waals surface area contributed by atoms with Gasteiger partial charge in [-0.25, -0.2) is 0 Å². The number of carbonyl (C=O) groups is 1. The van der Waals surface area contributed by atoms with Gasteiger partial charge in [-0.1, -0.05) is 27.7 Å². The van der Waals surface area contributed by atoms with Crippen LogP contribution in [0.4, 0.5) is 13.2 Å². The van der Waals surface area contributed by atoms with E-state index in [0.717, 1.165) is 0 Å². The highest BCUT2D eigenvalue weighted by Gasteiger charge is 2.37. The van der Waals surface area contributed by atoms with Gasteiger partial charge in [-0.3, -0.25) is 4.79 Å². The van der Waals surface area contributed by atoms with Gasteiger partial charge in [0.25, 0.3) is 0 Å². The zero-order valence-electron chi connectivity index (χ0n) is 9.98. The molecule has 2 atom stereocenters. The monoisotopic (exact) mass is 240 g/mol. The molecular weight excluding hydrogens is 221 g/mol. The Morgan fingerprint density at radius 2 is 1.75 bits per heavy atom. The summed E-state index contributed by atoms with van der Waals surface area (Å²) in [5.74, 6) is -0.778. The lowest BCUT2D eigenvalue weighted by molar-refractivity contribution is -0.148. The number of amides is 1. The van der Waals surface area contributed by atoms with E-state index in [2.05, 4.69) is 5.32 Å². The van der Waals surface area contributed by atoms with Crippen molar-refractivity contribution in [1.29, 1.82) is 0 Å². The Morgan fingerprint density at radius 1 is 1.31 bits per heavy atom. The third kappa shape index (κ3) is 4.83. The molecule has 0 aromatic rings. The molecule has 16 heavy (non-hydrogen) atoms. The van der Waals surface area contributed by atoms with E-state index in [1.807, 2.05) is 20.8 Å². The normalized spacial score (nSPS) is 16.8. The van der Waals surface area contributed by atoms with E-state index in [1.54, 1.807) is 6.92 Å². The number of rotatable bonds is 3. The van der Waals surface area contributed by atoms with Gasteiger partial charge in [-0.05, 0) is 5.41 Å². The molecule has 0 bridgehead atoms. The predicted octanol–water partition coefficient (Wildman–Crippen LogP) is 1.67. The Balaban J connectivity index is 4.19. The first-order valence-electron chi connectivity index (χ1n) is 5.06. The molecule has 0 saturated heterocycles. The van der Waals surface area contributed by atoms with E-state index in [0.29, 0.717) is 0 Å². The van der Waals surface area contributed by atoms with Gasteiger partial charge in [0.1, 0.15) is 6.04 Å². The second-order valence-electron chi connectivity index (χ2n) is 4.98. The Hall–Kier alpha value is -0.780. The second-order valence-corrected chi connectivity index (χ2v) is 4.98. The number of nitrogens with two attached hydrogens (primary N) is 1. The van der Waals surface area contributed by atoms with Crippen molar-refractivity contribution in [2.75, 3.05) is 6.54 Å². The molecule has 0 aromatic carbocycles. The van der Waals surface area contributed by atoms with E-state index >= 15 is 0 Å². The van der Waals surface area contributed by atoms with Crippen molar-refractivity contribution < 1.29 is 18.0 Å². The van der Waals surface area contributed by atoms with Gasteiger partial charge in [-0.2, -0.15) is 13.2 Å². The van der Waals surface area contributed by atoms with Gasteiger partial charge < -0.3 is 11.1 Å². The maximum Gasteiger partial charge on any atom is 0.405 e. The lowest BCUT2D eigenvalue weighted by atomic mass is 9.81. The van der Waals surface area contributed by atoms with Crippen LogP contribution in [0, 0.1) is 11.3 Å². The standard InChI is InChI=1S/C10H19F3N2O/c1-6(9(2,3)4)8(16)15-5-7(14)10(11,12)13/h6-7H,5,14H2,1-4H3,(H,15,16). The predicted molar refractivity (Wildman–Crippen MR) is 55.7 cm³/mol. The molecule has 0 aliphatic heterocycles. The first-order valence-corrected chi connectivity index (χ1v) is 5.06. The van der Waals surface area contributed by atoms with Gasteiger partial charge in [0, 0.05) is 12.5 Å². The molecule has 0 aliphatic carbocycles. The number of halogens is 3. The van der Waals surface area contributed by atoms with Crippen LogP contribution in [0.25, 0.3) is 0 Å². The third-order valence-corrected chi connectivity index (χ3v) is 2.61. The highest BCUT2D eigenvalue weighted by molar-refractivity contribution is 5.79. The van der Waals surface area contributed by atoms with E-state index < -0.39 is 24.7 Å². The third-order valence-electron chi connectivity index (χ3n) is 2.61. The molecule has 0 saturated carbocycles. The number of hydrogen-bond donors (Lipinski definition) is 2. The zero-order valence-corrected chi connectivity index (χ0v) is 9.98. The van der Waals surface area contributed by atoms with Crippen LogP contribution in [0.3, 0.4) is 0 Å². The molecule has 0 spiro atoms. The van der Waals surface area contributed by atoms with E-state index in [-0.39, 0.29) is 11.3 Å². The molecule has 6 heteroatoms. The Labute approximate surface area is 93.6 Å². The van der Waals surface area contributed by atoms with E-state index in [1.165, 1.54) is 0 Å². The molecule has 0 heterocycles. The van der Waals surface area contributed by atoms with Gasteiger partial charge in [0.15, 0.2) is 0 Å². The highest BCUT2D eigenvalue weighted by Crippen LogP contribution is 2.25. The summed E-state index contributed by atoms with van der Waals surface area (Å²) in [4.78, 5) is 11.5. The van der Waals surface area contributed by atoms with E-state index in [9.17, 15) is 18.0 Å². The molecule has 96 valence electrons. The fourth-order valence-corrected chi connectivity index (χ4v) is 0.873. The average Bonchev–Trinajstić information content (AvgIpc) is 2.09. The molecule has 2 unspecified atom stereocenters. The van der Waals surface area contributed by atoms with Crippen LogP contribution < -0.4 is 11.1 Å². The molecule has 0 rings (SSSR count). The van der Waals surface area contributed by atoms with Crippen LogP contribution in [-0.4, -0.2) is 24.7 Å². The van der Waals surface area contributed by atoms with E-state index in [4.69, 9.17) is 5.73 Å². The maximum atomic E-state index is 12.1. The van der Waals surface area contributed by atoms with Crippen molar-refractivity contribution in [2.45, 2.75) is 39.9 Å². The molecule has 0 radical (unpaired) electrons. The summed E-state index contributed by atoms with van der Waals surface area (Å²) in [6, 6.07) is -2.01. The van der Waals surface area contributed by atoms with Gasteiger partial charge in [0.2, 0.25) is 5.91 Å². The van der Waals surface area contributed by atoms with Crippen LogP contribution >= 0.6 is 0 Å². The summed E-state index contributed by atoms with van der Waals surface area (Å²) in [6.07, 6.45) is -4.47. The fourth-order valence-electron chi connectivity index (χ4n) is 0.873. The number of hydrogen-bond acceptors (Lipinski definition) is 2. The topological polar surface area (TPSA) is 55.1 Å². The summed E-state index contributed by atoms with van der Waals surface area (Å²) in [7, 11) is 0.